The summed E-state index contributed by atoms with van der Waals surface area (Å²) < 4.78 is 5.84. The van der Waals surface area contributed by atoms with Gasteiger partial charge >= 0.3 is 0 Å². The predicted molar refractivity (Wildman–Crippen MR) is 76.3 cm³/mol. The first-order chi connectivity index (χ1) is 8.65. The molecular weight excluding hydrogens is 224 g/mol. The van der Waals surface area contributed by atoms with Crippen LogP contribution in [0, 0.1) is 0 Å². The van der Waals surface area contributed by atoms with Gasteiger partial charge in [-0.25, -0.2) is 0 Å². The zero-order valence-electron chi connectivity index (χ0n) is 11.6. The smallest absolute Gasteiger partial charge is 0.142 e. The van der Waals surface area contributed by atoms with Crippen molar-refractivity contribution in [2.45, 2.75) is 38.8 Å². The Balaban J connectivity index is 2.03. The molecule has 1 aliphatic rings. The molecule has 3 nitrogen and oxygen atoms in total. The summed E-state index contributed by atoms with van der Waals surface area (Å²) in [6.07, 6.45) is 2.71. The van der Waals surface area contributed by atoms with Crippen molar-refractivity contribution in [3.05, 3.63) is 24.3 Å². The lowest BCUT2D eigenvalue weighted by Crippen LogP contribution is -2.39. The number of piperidine rings is 1. The van der Waals surface area contributed by atoms with Gasteiger partial charge in [-0.15, -0.1) is 0 Å². The van der Waals surface area contributed by atoms with Crippen LogP contribution in [-0.2, 0) is 0 Å². The number of likely N-dealkylation sites (N-methyl/N-ethyl adjacent to an activating group) is 1. The van der Waals surface area contributed by atoms with Gasteiger partial charge in [0.1, 0.15) is 5.75 Å². The Hall–Kier alpha value is -1.22. The summed E-state index contributed by atoms with van der Waals surface area (Å²) in [7, 11) is 2.18. The third-order valence-corrected chi connectivity index (χ3v) is 3.23. The molecule has 18 heavy (non-hydrogen) atoms. The lowest BCUT2D eigenvalue weighted by atomic mass is 10.1. The highest BCUT2D eigenvalue weighted by molar-refractivity contribution is 5.56. The Morgan fingerprint density at radius 2 is 2.11 bits per heavy atom. The van der Waals surface area contributed by atoms with Gasteiger partial charge in [0.25, 0.3) is 0 Å². The second-order valence-electron chi connectivity index (χ2n) is 5.41. The van der Waals surface area contributed by atoms with Crippen LogP contribution in [0.25, 0.3) is 0 Å². The highest BCUT2D eigenvalue weighted by Gasteiger charge is 2.18. The van der Waals surface area contributed by atoms with E-state index in [9.17, 15) is 0 Å². The Kier molecular flexibility index (Phi) is 4.48. The first kappa shape index (κ1) is 13.2. The van der Waals surface area contributed by atoms with Crippen molar-refractivity contribution in [3.8, 4) is 5.75 Å². The van der Waals surface area contributed by atoms with E-state index in [2.05, 4.69) is 43.2 Å². The van der Waals surface area contributed by atoms with Crippen molar-refractivity contribution in [1.82, 2.24) is 4.90 Å². The molecule has 1 N–H and O–H groups in total. The van der Waals surface area contributed by atoms with Crippen LogP contribution in [0.5, 0.6) is 5.75 Å². The Morgan fingerprint density at radius 3 is 2.83 bits per heavy atom. The molecule has 0 saturated carbocycles. The molecule has 0 aliphatic carbocycles. The van der Waals surface area contributed by atoms with Crippen molar-refractivity contribution < 1.29 is 4.74 Å². The first-order valence-corrected chi connectivity index (χ1v) is 6.86. The lowest BCUT2D eigenvalue weighted by Gasteiger charge is -2.31. The van der Waals surface area contributed by atoms with E-state index >= 15 is 0 Å². The maximum atomic E-state index is 5.84. The van der Waals surface area contributed by atoms with E-state index in [1.54, 1.807) is 0 Å². The quantitative estimate of drug-likeness (QED) is 0.886. The van der Waals surface area contributed by atoms with E-state index in [-0.39, 0.29) is 6.10 Å². The number of likely N-dealkylation sites (tertiary alicyclic amines) is 1. The molecule has 0 amide bonds. The SMILES string of the molecule is CC(C)Oc1ccccc1NC1CCCN(C)C1. The van der Waals surface area contributed by atoms with Crippen molar-refractivity contribution in [2.24, 2.45) is 0 Å². The van der Waals surface area contributed by atoms with Gasteiger partial charge in [0, 0.05) is 12.6 Å². The minimum Gasteiger partial charge on any atom is -0.489 e. The van der Waals surface area contributed by atoms with Gasteiger partial charge in [-0.2, -0.15) is 0 Å². The van der Waals surface area contributed by atoms with E-state index in [0.29, 0.717) is 6.04 Å². The number of anilines is 1. The molecule has 2 rings (SSSR count). The van der Waals surface area contributed by atoms with Crippen LogP contribution >= 0.6 is 0 Å². The Morgan fingerprint density at radius 1 is 1.33 bits per heavy atom. The fourth-order valence-corrected chi connectivity index (χ4v) is 2.45. The zero-order chi connectivity index (χ0) is 13.0. The second kappa shape index (κ2) is 6.10. The van der Waals surface area contributed by atoms with E-state index in [1.165, 1.54) is 19.4 Å². The maximum Gasteiger partial charge on any atom is 0.142 e. The number of nitrogens with zero attached hydrogens (tertiary/aromatic N) is 1. The predicted octanol–water partition coefficient (Wildman–Crippen LogP) is 2.98. The minimum absolute atomic E-state index is 0.210. The maximum absolute atomic E-state index is 5.84. The molecule has 1 aromatic rings. The minimum atomic E-state index is 0.210. The number of ether oxygens (including phenoxy) is 1. The summed E-state index contributed by atoms with van der Waals surface area (Å²) in [4.78, 5) is 2.38. The van der Waals surface area contributed by atoms with Crippen LogP contribution < -0.4 is 10.1 Å². The normalized spacial score (nSPS) is 21.0. The molecule has 0 radical (unpaired) electrons. The zero-order valence-corrected chi connectivity index (χ0v) is 11.6. The van der Waals surface area contributed by atoms with Crippen LogP contribution in [0.3, 0.4) is 0 Å². The van der Waals surface area contributed by atoms with Gasteiger partial charge in [0.2, 0.25) is 0 Å². The van der Waals surface area contributed by atoms with Crippen LogP contribution in [0.15, 0.2) is 24.3 Å². The van der Waals surface area contributed by atoms with Crippen LogP contribution in [0.1, 0.15) is 26.7 Å². The molecule has 3 heteroatoms. The van der Waals surface area contributed by atoms with Gasteiger partial charge in [-0.3, -0.25) is 0 Å². The number of nitrogens with one attached hydrogen (secondary N) is 1. The second-order valence-corrected chi connectivity index (χ2v) is 5.41. The number of hydrogen-bond donors (Lipinski definition) is 1. The topological polar surface area (TPSA) is 24.5 Å². The Bertz CT molecular complexity index is 379. The molecular formula is C15H24N2O. The molecule has 1 saturated heterocycles. The highest BCUT2D eigenvalue weighted by atomic mass is 16.5. The van der Waals surface area contributed by atoms with Gasteiger partial charge in [0.05, 0.1) is 11.8 Å². The van der Waals surface area contributed by atoms with Crippen LogP contribution in [-0.4, -0.2) is 37.2 Å². The van der Waals surface area contributed by atoms with E-state index < -0.39 is 0 Å². The van der Waals surface area contributed by atoms with E-state index in [0.717, 1.165) is 18.0 Å². The fourth-order valence-electron chi connectivity index (χ4n) is 2.45. The van der Waals surface area contributed by atoms with E-state index in [4.69, 9.17) is 4.74 Å². The van der Waals surface area contributed by atoms with Crippen LogP contribution in [0.4, 0.5) is 5.69 Å². The number of para-hydroxylation sites is 2. The number of hydrogen-bond acceptors (Lipinski definition) is 3. The molecule has 1 unspecified atom stereocenters. The van der Waals surface area contributed by atoms with Crippen molar-refractivity contribution in [2.75, 3.05) is 25.5 Å². The average Bonchev–Trinajstić information content (AvgIpc) is 2.31. The molecule has 1 aromatic carbocycles. The third kappa shape index (κ3) is 3.64. The van der Waals surface area contributed by atoms with Gasteiger partial charge in [-0.1, -0.05) is 12.1 Å². The third-order valence-electron chi connectivity index (χ3n) is 3.23. The van der Waals surface area contributed by atoms with Gasteiger partial charge < -0.3 is 15.0 Å². The van der Waals surface area contributed by atoms with E-state index in [1.807, 2.05) is 12.1 Å². The Labute approximate surface area is 110 Å². The number of benzene rings is 1. The molecule has 100 valence electrons. The molecule has 1 atom stereocenters. The van der Waals surface area contributed by atoms with Gasteiger partial charge in [0.15, 0.2) is 0 Å². The standard InChI is InChI=1S/C15H24N2O/c1-12(2)18-15-9-5-4-8-14(15)16-13-7-6-10-17(3)11-13/h4-5,8-9,12-13,16H,6-7,10-11H2,1-3H3. The summed E-state index contributed by atoms with van der Waals surface area (Å²) in [5, 5.41) is 3.62. The molecule has 0 aromatic heterocycles. The monoisotopic (exact) mass is 248 g/mol. The summed E-state index contributed by atoms with van der Waals surface area (Å²) in [6, 6.07) is 8.75. The van der Waals surface area contributed by atoms with Gasteiger partial charge in [-0.05, 0) is 52.4 Å². The lowest BCUT2D eigenvalue weighted by molar-refractivity contribution is 0.241. The van der Waals surface area contributed by atoms with Crippen molar-refractivity contribution >= 4 is 5.69 Å². The van der Waals surface area contributed by atoms with Crippen LogP contribution in [0.2, 0.25) is 0 Å². The highest BCUT2D eigenvalue weighted by Crippen LogP contribution is 2.26. The molecule has 1 aliphatic heterocycles. The average molecular weight is 248 g/mol. The first-order valence-electron chi connectivity index (χ1n) is 6.86. The van der Waals surface area contributed by atoms with Crippen molar-refractivity contribution in [1.29, 1.82) is 0 Å². The summed E-state index contributed by atoms with van der Waals surface area (Å²) in [5.74, 6) is 0.959. The largest absolute Gasteiger partial charge is 0.489 e. The summed E-state index contributed by atoms with van der Waals surface area (Å²) >= 11 is 0. The molecule has 1 heterocycles. The molecule has 1 fully saturated rings. The summed E-state index contributed by atoms with van der Waals surface area (Å²) in [6.45, 7) is 6.44. The molecule has 0 bridgehead atoms. The summed E-state index contributed by atoms with van der Waals surface area (Å²) in [5.41, 5.74) is 1.12. The van der Waals surface area contributed by atoms with Crippen molar-refractivity contribution in [3.63, 3.8) is 0 Å². The fraction of sp³-hybridized carbons (Fsp3) is 0.600. The number of rotatable bonds is 4. The molecule has 0 spiro atoms.